The van der Waals surface area contributed by atoms with E-state index in [1.54, 1.807) is 0 Å². The third-order valence-corrected chi connectivity index (χ3v) is 7.98. The average molecular weight is 472 g/mol. The van der Waals surface area contributed by atoms with Crippen molar-refractivity contribution in [2.75, 3.05) is 5.32 Å². The first kappa shape index (κ1) is 24.8. The number of carbonyl (C=O) groups excluding carboxylic acids is 1. The van der Waals surface area contributed by atoms with Crippen LogP contribution in [0.3, 0.4) is 0 Å². The number of nitrogens with one attached hydrogen (secondary N) is 2. The number of allylic oxidation sites excluding steroid dienone is 1. The van der Waals surface area contributed by atoms with Crippen molar-refractivity contribution in [2.45, 2.75) is 72.6 Å². The molecule has 0 fully saturated rings. The Labute approximate surface area is 208 Å². The van der Waals surface area contributed by atoms with Crippen molar-refractivity contribution in [3.05, 3.63) is 69.8 Å². The molecule has 184 valence electrons. The predicted octanol–water partition coefficient (Wildman–Crippen LogP) is 6.42. The molecule has 2 N–H and O–H groups in total. The summed E-state index contributed by atoms with van der Waals surface area (Å²) < 4.78 is 0. The number of hydrogen-bond donors (Lipinski definition) is 2. The Morgan fingerprint density at radius 2 is 1.71 bits per heavy atom. The minimum Gasteiger partial charge on any atom is -0.288 e. The second-order valence-corrected chi connectivity index (χ2v) is 11.5. The molecule has 1 unspecified atom stereocenters. The maximum atomic E-state index is 12.4. The van der Waals surface area contributed by atoms with Crippen LogP contribution in [-0.4, -0.2) is 26.5 Å². The molecule has 2 aromatic carbocycles. The summed E-state index contributed by atoms with van der Waals surface area (Å²) in [6.07, 6.45) is 3.26. The van der Waals surface area contributed by atoms with Gasteiger partial charge in [-0.05, 0) is 86.7 Å². The molecule has 0 saturated carbocycles. The molecule has 0 bridgehead atoms. The van der Waals surface area contributed by atoms with Crippen molar-refractivity contribution < 1.29 is 4.79 Å². The van der Waals surface area contributed by atoms with Gasteiger partial charge in [0.2, 0.25) is 0 Å². The molecule has 3 aromatic rings. The van der Waals surface area contributed by atoms with Crippen LogP contribution in [-0.2, 0) is 17.3 Å². The van der Waals surface area contributed by atoms with Crippen LogP contribution in [0.25, 0.3) is 11.6 Å². The SMILES string of the molecule is CC(=Cc1ccc(C(=O)Nc2nn[nH]n2)cc1)c1cc2c(cc1CC(C)C)C(C)(C)C(C)C2(C)C. The standard InChI is InChI=1S/C29H37N5O/c1-17(2)13-22-15-24-25(29(7,8)19(4)28(24,5)6)16-23(22)18(3)14-20-9-11-21(12-10-20)26(35)30-27-31-33-34-32-27/h9-12,14-17,19H,13H2,1-8H3,(H2,30,31,32,33,34,35). The lowest BCUT2D eigenvalue weighted by Gasteiger charge is -2.32. The highest BCUT2D eigenvalue weighted by atomic mass is 16.1. The number of tetrazole rings is 1. The first-order valence-corrected chi connectivity index (χ1v) is 12.4. The Morgan fingerprint density at radius 1 is 1.09 bits per heavy atom. The van der Waals surface area contributed by atoms with Crippen LogP contribution in [0.2, 0.25) is 0 Å². The largest absolute Gasteiger partial charge is 0.288 e. The van der Waals surface area contributed by atoms with E-state index in [1.807, 2.05) is 24.3 Å². The number of benzene rings is 2. The molecule has 1 atom stereocenters. The van der Waals surface area contributed by atoms with Crippen LogP contribution in [0.1, 0.15) is 93.6 Å². The van der Waals surface area contributed by atoms with Gasteiger partial charge in [-0.3, -0.25) is 10.1 Å². The van der Waals surface area contributed by atoms with E-state index in [1.165, 1.54) is 27.8 Å². The average Bonchev–Trinajstić information content (AvgIpc) is 3.34. The molecule has 1 aliphatic carbocycles. The number of fused-ring (bicyclic) bond motifs is 1. The Kier molecular flexibility index (Phi) is 6.43. The molecule has 1 aromatic heterocycles. The van der Waals surface area contributed by atoms with E-state index in [2.05, 4.69) is 99.5 Å². The van der Waals surface area contributed by atoms with Crippen molar-refractivity contribution in [3.63, 3.8) is 0 Å². The number of nitrogens with zero attached hydrogens (tertiary/aromatic N) is 3. The Hall–Kier alpha value is -3.28. The minimum atomic E-state index is -0.268. The summed E-state index contributed by atoms with van der Waals surface area (Å²) in [5.41, 5.74) is 8.83. The van der Waals surface area contributed by atoms with Gasteiger partial charge in [-0.25, -0.2) is 0 Å². The normalized spacial score (nSPS) is 18.5. The quantitative estimate of drug-likeness (QED) is 0.407. The van der Waals surface area contributed by atoms with Crippen LogP contribution in [0.15, 0.2) is 36.4 Å². The third-order valence-electron chi connectivity index (χ3n) is 7.98. The maximum absolute atomic E-state index is 12.4. The second-order valence-electron chi connectivity index (χ2n) is 11.5. The fraction of sp³-hybridized carbons (Fsp3) is 0.448. The van der Waals surface area contributed by atoms with Gasteiger partial charge in [0.05, 0.1) is 0 Å². The summed E-state index contributed by atoms with van der Waals surface area (Å²) in [4.78, 5) is 12.4. The highest BCUT2D eigenvalue weighted by Gasteiger charge is 2.48. The maximum Gasteiger partial charge on any atom is 0.270 e. The Bertz CT molecular complexity index is 1250. The molecule has 6 heteroatoms. The first-order chi connectivity index (χ1) is 16.4. The van der Waals surface area contributed by atoms with Crippen LogP contribution in [0, 0.1) is 11.8 Å². The molecule has 0 saturated heterocycles. The van der Waals surface area contributed by atoms with E-state index < -0.39 is 0 Å². The second kappa shape index (κ2) is 9.06. The van der Waals surface area contributed by atoms with Gasteiger partial charge in [0.25, 0.3) is 11.9 Å². The lowest BCUT2D eigenvalue weighted by molar-refractivity contribution is 0.102. The van der Waals surface area contributed by atoms with E-state index in [0.717, 1.165) is 12.0 Å². The van der Waals surface area contributed by atoms with Gasteiger partial charge < -0.3 is 0 Å². The van der Waals surface area contributed by atoms with E-state index >= 15 is 0 Å². The number of hydrogen-bond acceptors (Lipinski definition) is 4. The summed E-state index contributed by atoms with van der Waals surface area (Å²) in [7, 11) is 0. The molecule has 0 radical (unpaired) electrons. The molecular formula is C29H37N5O. The van der Waals surface area contributed by atoms with Crippen LogP contribution in [0.4, 0.5) is 5.95 Å². The number of aromatic nitrogens is 4. The first-order valence-electron chi connectivity index (χ1n) is 12.4. The minimum absolute atomic E-state index is 0.123. The smallest absolute Gasteiger partial charge is 0.270 e. The fourth-order valence-corrected chi connectivity index (χ4v) is 5.50. The van der Waals surface area contributed by atoms with Gasteiger partial charge >= 0.3 is 0 Å². The lowest BCUT2D eigenvalue weighted by atomic mass is 9.71. The lowest BCUT2D eigenvalue weighted by Crippen LogP contribution is -2.30. The molecule has 35 heavy (non-hydrogen) atoms. The summed E-state index contributed by atoms with van der Waals surface area (Å²) in [5, 5.41) is 15.9. The summed E-state index contributed by atoms with van der Waals surface area (Å²) in [6.45, 7) is 18.7. The van der Waals surface area contributed by atoms with Crippen molar-refractivity contribution in [1.82, 2.24) is 20.6 Å². The van der Waals surface area contributed by atoms with E-state index in [9.17, 15) is 4.79 Å². The summed E-state index contributed by atoms with van der Waals surface area (Å²) >= 11 is 0. The van der Waals surface area contributed by atoms with Gasteiger partial charge in [-0.15, -0.1) is 5.10 Å². The molecule has 0 aliphatic heterocycles. The molecule has 4 rings (SSSR count). The molecule has 6 nitrogen and oxygen atoms in total. The number of H-pyrrole nitrogens is 1. The molecule has 1 aliphatic rings. The van der Waals surface area contributed by atoms with Crippen molar-refractivity contribution >= 4 is 23.5 Å². The van der Waals surface area contributed by atoms with Crippen molar-refractivity contribution in [2.24, 2.45) is 11.8 Å². The molecular weight excluding hydrogens is 434 g/mol. The number of rotatable bonds is 6. The molecule has 1 heterocycles. The molecule has 0 spiro atoms. The van der Waals surface area contributed by atoms with Crippen LogP contribution < -0.4 is 5.32 Å². The van der Waals surface area contributed by atoms with Gasteiger partial charge in [0.15, 0.2) is 0 Å². The highest BCUT2D eigenvalue weighted by molar-refractivity contribution is 6.03. The van der Waals surface area contributed by atoms with Gasteiger partial charge in [-0.2, -0.15) is 5.21 Å². The number of aromatic amines is 1. The topological polar surface area (TPSA) is 83.6 Å². The van der Waals surface area contributed by atoms with Gasteiger partial charge in [-0.1, -0.05) is 83.9 Å². The third kappa shape index (κ3) is 4.66. The van der Waals surface area contributed by atoms with E-state index in [0.29, 0.717) is 17.4 Å². The summed E-state index contributed by atoms with van der Waals surface area (Å²) in [6, 6.07) is 12.5. The van der Waals surface area contributed by atoms with Crippen molar-refractivity contribution in [1.29, 1.82) is 0 Å². The van der Waals surface area contributed by atoms with E-state index in [-0.39, 0.29) is 22.7 Å². The zero-order chi connectivity index (χ0) is 25.5. The highest BCUT2D eigenvalue weighted by Crippen LogP contribution is 2.54. The van der Waals surface area contributed by atoms with Crippen molar-refractivity contribution in [3.8, 4) is 0 Å². The van der Waals surface area contributed by atoms with Gasteiger partial charge in [0, 0.05) is 5.56 Å². The monoisotopic (exact) mass is 471 g/mol. The Morgan fingerprint density at radius 3 is 2.29 bits per heavy atom. The van der Waals surface area contributed by atoms with E-state index in [4.69, 9.17) is 0 Å². The summed E-state index contributed by atoms with van der Waals surface area (Å²) in [5.74, 6) is 1.02. The Balaban J connectivity index is 1.68. The fourth-order valence-electron chi connectivity index (χ4n) is 5.50. The molecule has 1 amide bonds. The number of anilines is 1. The zero-order valence-corrected chi connectivity index (χ0v) is 22.2. The predicted molar refractivity (Wildman–Crippen MR) is 142 cm³/mol. The zero-order valence-electron chi connectivity index (χ0n) is 22.2. The van der Waals surface area contributed by atoms with Gasteiger partial charge in [0.1, 0.15) is 0 Å². The van der Waals surface area contributed by atoms with Crippen LogP contribution >= 0.6 is 0 Å². The van der Waals surface area contributed by atoms with Crippen LogP contribution in [0.5, 0.6) is 0 Å². The number of amides is 1. The number of carbonyl (C=O) groups is 1.